The molecular weight excluding hydrogens is 316 g/mol. The molecule has 6 nitrogen and oxygen atoms in total. The highest BCUT2D eigenvalue weighted by molar-refractivity contribution is 5.77. The molecule has 0 aliphatic carbocycles. The first-order valence-electron chi connectivity index (χ1n) is 9.20. The molecule has 0 atom stereocenters. The Bertz CT molecular complexity index is 538. The lowest BCUT2D eigenvalue weighted by Crippen LogP contribution is -2.53. The molecular formula is C19H30N4O2. The Hall–Kier alpha value is -2.08. The molecule has 0 spiro atoms. The monoisotopic (exact) mass is 346 g/mol. The lowest BCUT2D eigenvalue weighted by atomic mass is 10.2. The molecule has 0 saturated carbocycles. The third kappa shape index (κ3) is 6.05. The maximum atomic E-state index is 12.3. The highest BCUT2D eigenvalue weighted by Gasteiger charge is 2.23. The molecule has 6 heteroatoms. The van der Waals surface area contributed by atoms with Gasteiger partial charge in [0, 0.05) is 45.7 Å². The van der Waals surface area contributed by atoms with Crippen LogP contribution in [0.25, 0.3) is 0 Å². The van der Waals surface area contributed by atoms with E-state index in [4.69, 9.17) is 0 Å². The zero-order valence-corrected chi connectivity index (χ0v) is 15.4. The van der Waals surface area contributed by atoms with E-state index in [2.05, 4.69) is 24.1 Å². The summed E-state index contributed by atoms with van der Waals surface area (Å²) in [6.07, 6.45) is 0.557. The largest absolute Gasteiger partial charge is 0.339 e. The molecule has 2 rings (SSSR count). The van der Waals surface area contributed by atoms with E-state index in [1.165, 1.54) is 0 Å². The van der Waals surface area contributed by atoms with Crippen molar-refractivity contribution in [2.75, 3.05) is 45.8 Å². The van der Waals surface area contributed by atoms with Crippen LogP contribution in [-0.4, -0.2) is 72.5 Å². The minimum Gasteiger partial charge on any atom is -0.339 e. The van der Waals surface area contributed by atoms with E-state index < -0.39 is 0 Å². The van der Waals surface area contributed by atoms with Gasteiger partial charge < -0.3 is 20.0 Å². The Balaban J connectivity index is 1.69. The standard InChI is InChI=1S/C19H30N4O2/c1-3-21(4-2)11-10-18(24)22-12-14-23(15-13-22)19(25)20-16-17-8-6-5-7-9-17/h5-9H,3-4,10-16H2,1-2H3,(H,20,25). The van der Waals surface area contributed by atoms with Gasteiger partial charge in [0.05, 0.1) is 0 Å². The van der Waals surface area contributed by atoms with Gasteiger partial charge in [-0.2, -0.15) is 0 Å². The van der Waals surface area contributed by atoms with Crippen LogP contribution in [0.4, 0.5) is 4.79 Å². The Labute approximate surface area is 150 Å². The molecule has 1 aromatic carbocycles. The van der Waals surface area contributed by atoms with Gasteiger partial charge in [0.25, 0.3) is 0 Å². The second-order valence-electron chi connectivity index (χ2n) is 6.29. The van der Waals surface area contributed by atoms with Crippen LogP contribution in [0.1, 0.15) is 25.8 Å². The lowest BCUT2D eigenvalue weighted by Gasteiger charge is -2.35. The average Bonchev–Trinajstić information content (AvgIpc) is 2.67. The zero-order chi connectivity index (χ0) is 18.1. The average molecular weight is 346 g/mol. The van der Waals surface area contributed by atoms with Crippen molar-refractivity contribution in [3.63, 3.8) is 0 Å². The first-order valence-corrected chi connectivity index (χ1v) is 9.20. The quantitative estimate of drug-likeness (QED) is 0.819. The Morgan fingerprint density at radius 3 is 2.20 bits per heavy atom. The third-order valence-corrected chi connectivity index (χ3v) is 4.74. The maximum Gasteiger partial charge on any atom is 0.317 e. The summed E-state index contributed by atoms with van der Waals surface area (Å²) in [7, 11) is 0. The minimum atomic E-state index is -0.0564. The van der Waals surface area contributed by atoms with E-state index in [9.17, 15) is 9.59 Å². The summed E-state index contributed by atoms with van der Waals surface area (Å²) in [6, 6.07) is 9.81. The summed E-state index contributed by atoms with van der Waals surface area (Å²) in [5.74, 6) is 0.191. The van der Waals surface area contributed by atoms with E-state index in [0.29, 0.717) is 39.1 Å². The first-order chi connectivity index (χ1) is 12.1. The molecule has 0 aromatic heterocycles. The van der Waals surface area contributed by atoms with Crippen molar-refractivity contribution in [1.29, 1.82) is 0 Å². The van der Waals surface area contributed by atoms with Crippen molar-refractivity contribution < 1.29 is 9.59 Å². The smallest absolute Gasteiger partial charge is 0.317 e. The topological polar surface area (TPSA) is 55.9 Å². The predicted octanol–water partition coefficient (Wildman–Crippen LogP) is 1.77. The number of urea groups is 1. The Morgan fingerprint density at radius 1 is 1.00 bits per heavy atom. The van der Waals surface area contributed by atoms with Gasteiger partial charge in [-0.25, -0.2) is 4.79 Å². The second-order valence-corrected chi connectivity index (χ2v) is 6.29. The van der Waals surface area contributed by atoms with Crippen molar-refractivity contribution in [2.24, 2.45) is 0 Å². The highest BCUT2D eigenvalue weighted by atomic mass is 16.2. The Morgan fingerprint density at radius 2 is 1.60 bits per heavy atom. The number of nitrogens with zero attached hydrogens (tertiary/aromatic N) is 3. The molecule has 1 fully saturated rings. The third-order valence-electron chi connectivity index (χ3n) is 4.74. The molecule has 3 amide bonds. The van der Waals surface area contributed by atoms with Crippen molar-refractivity contribution in [2.45, 2.75) is 26.8 Å². The normalized spacial score (nSPS) is 14.7. The first kappa shape index (κ1) is 19.2. The van der Waals surface area contributed by atoms with Gasteiger partial charge >= 0.3 is 6.03 Å². The van der Waals surface area contributed by atoms with Crippen LogP contribution < -0.4 is 5.32 Å². The fraction of sp³-hybridized carbons (Fsp3) is 0.579. The number of amides is 3. The van der Waals surface area contributed by atoms with Crippen molar-refractivity contribution in [3.8, 4) is 0 Å². The van der Waals surface area contributed by atoms with Crippen LogP contribution >= 0.6 is 0 Å². The van der Waals surface area contributed by atoms with Gasteiger partial charge in [0.2, 0.25) is 5.91 Å². The number of rotatable bonds is 7. The molecule has 0 unspecified atom stereocenters. The molecule has 25 heavy (non-hydrogen) atoms. The molecule has 1 N–H and O–H groups in total. The number of piperazine rings is 1. The summed E-state index contributed by atoms with van der Waals surface area (Å²) in [5.41, 5.74) is 1.08. The van der Waals surface area contributed by atoms with Crippen LogP contribution in [0.3, 0.4) is 0 Å². The summed E-state index contributed by atoms with van der Waals surface area (Å²) >= 11 is 0. The van der Waals surface area contributed by atoms with E-state index in [0.717, 1.165) is 25.2 Å². The number of benzene rings is 1. The molecule has 1 saturated heterocycles. The highest BCUT2D eigenvalue weighted by Crippen LogP contribution is 2.06. The summed E-state index contributed by atoms with van der Waals surface area (Å²) in [6.45, 7) is 9.94. The summed E-state index contributed by atoms with van der Waals surface area (Å²) < 4.78 is 0. The zero-order valence-electron chi connectivity index (χ0n) is 15.4. The fourth-order valence-corrected chi connectivity index (χ4v) is 3.00. The van der Waals surface area contributed by atoms with E-state index in [1.54, 1.807) is 4.90 Å². The molecule has 0 radical (unpaired) electrons. The van der Waals surface area contributed by atoms with E-state index in [-0.39, 0.29) is 11.9 Å². The Kier molecular flexibility index (Phi) is 7.73. The number of carbonyl (C=O) groups is 2. The van der Waals surface area contributed by atoms with Crippen molar-refractivity contribution >= 4 is 11.9 Å². The number of hydrogen-bond donors (Lipinski definition) is 1. The molecule has 0 bridgehead atoms. The van der Waals surface area contributed by atoms with Gasteiger partial charge in [0.15, 0.2) is 0 Å². The lowest BCUT2D eigenvalue weighted by molar-refractivity contribution is -0.132. The molecule has 1 aliphatic rings. The number of carbonyl (C=O) groups excluding carboxylic acids is 2. The van der Waals surface area contributed by atoms with Crippen LogP contribution in [0.5, 0.6) is 0 Å². The second kappa shape index (κ2) is 10.0. The van der Waals surface area contributed by atoms with E-state index >= 15 is 0 Å². The number of nitrogens with one attached hydrogen (secondary N) is 1. The van der Waals surface area contributed by atoms with Crippen LogP contribution in [0, 0.1) is 0 Å². The molecule has 1 aromatic rings. The van der Waals surface area contributed by atoms with Crippen LogP contribution in [0.15, 0.2) is 30.3 Å². The van der Waals surface area contributed by atoms with Crippen LogP contribution in [-0.2, 0) is 11.3 Å². The van der Waals surface area contributed by atoms with Crippen molar-refractivity contribution in [1.82, 2.24) is 20.0 Å². The molecule has 1 heterocycles. The van der Waals surface area contributed by atoms with Gasteiger partial charge in [-0.15, -0.1) is 0 Å². The summed E-state index contributed by atoms with van der Waals surface area (Å²) in [4.78, 5) is 30.5. The van der Waals surface area contributed by atoms with E-state index in [1.807, 2.05) is 35.2 Å². The van der Waals surface area contributed by atoms with Gasteiger partial charge in [0.1, 0.15) is 0 Å². The van der Waals surface area contributed by atoms with Crippen LogP contribution in [0.2, 0.25) is 0 Å². The molecule has 138 valence electrons. The van der Waals surface area contributed by atoms with Gasteiger partial charge in [-0.1, -0.05) is 44.2 Å². The SMILES string of the molecule is CCN(CC)CCC(=O)N1CCN(C(=O)NCc2ccccc2)CC1. The van der Waals surface area contributed by atoms with Gasteiger partial charge in [-0.05, 0) is 18.7 Å². The fourth-order valence-electron chi connectivity index (χ4n) is 3.00. The molecule has 1 aliphatic heterocycles. The minimum absolute atomic E-state index is 0.0564. The summed E-state index contributed by atoms with van der Waals surface area (Å²) in [5, 5.41) is 2.94. The maximum absolute atomic E-state index is 12.3. The predicted molar refractivity (Wildman–Crippen MR) is 99.2 cm³/mol. The van der Waals surface area contributed by atoms with Crippen molar-refractivity contribution in [3.05, 3.63) is 35.9 Å². The number of hydrogen-bond acceptors (Lipinski definition) is 3. The van der Waals surface area contributed by atoms with Gasteiger partial charge in [-0.3, -0.25) is 4.79 Å².